The summed E-state index contributed by atoms with van der Waals surface area (Å²) >= 11 is 3.32. The topological polar surface area (TPSA) is 55.5 Å². The normalized spacial score (nSPS) is 11.7. The lowest BCUT2D eigenvalue weighted by atomic mass is 10.1. The molecule has 1 aromatic rings. The van der Waals surface area contributed by atoms with E-state index in [1.807, 2.05) is 18.2 Å². The SMILES string of the molecule is COc1cc(Br)ccc1[C@@H](N)CO.Cl. The van der Waals surface area contributed by atoms with E-state index in [0.29, 0.717) is 5.75 Å². The van der Waals surface area contributed by atoms with E-state index in [1.165, 1.54) is 0 Å². The van der Waals surface area contributed by atoms with Crippen molar-refractivity contribution in [2.75, 3.05) is 13.7 Å². The van der Waals surface area contributed by atoms with Crippen LogP contribution in [0.5, 0.6) is 5.75 Å². The van der Waals surface area contributed by atoms with Gasteiger partial charge in [-0.3, -0.25) is 0 Å². The van der Waals surface area contributed by atoms with E-state index < -0.39 is 0 Å². The van der Waals surface area contributed by atoms with Crippen LogP contribution in [0.1, 0.15) is 11.6 Å². The third-order valence-electron chi connectivity index (χ3n) is 1.79. The summed E-state index contributed by atoms with van der Waals surface area (Å²) in [6.07, 6.45) is 0. The van der Waals surface area contributed by atoms with Gasteiger partial charge in [0.2, 0.25) is 0 Å². The van der Waals surface area contributed by atoms with E-state index in [0.717, 1.165) is 10.0 Å². The summed E-state index contributed by atoms with van der Waals surface area (Å²) in [5.74, 6) is 0.691. The van der Waals surface area contributed by atoms with Crippen LogP contribution in [0.4, 0.5) is 0 Å². The number of aliphatic hydroxyl groups excluding tert-OH is 1. The Bertz CT molecular complexity index is 296. The van der Waals surface area contributed by atoms with Gasteiger partial charge >= 0.3 is 0 Å². The number of hydrogen-bond donors (Lipinski definition) is 2. The number of aliphatic hydroxyl groups is 1. The van der Waals surface area contributed by atoms with Crippen LogP contribution in [0.25, 0.3) is 0 Å². The molecule has 0 radical (unpaired) electrons. The fraction of sp³-hybridized carbons (Fsp3) is 0.333. The van der Waals surface area contributed by atoms with Gasteiger partial charge < -0.3 is 15.6 Å². The summed E-state index contributed by atoms with van der Waals surface area (Å²) < 4.78 is 6.06. The van der Waals surface area contributed by atoms with Crippen molar-refractivity contribution in [2.45, 2.75) is 6.04 Å². The van der Waals surface area contributed by atoms with E-state index in [9.17, 15) is 0 Å². The first-order valence-electron chi connectivity index (χ1n) is 3.89. The Hall–Kier alpha value is -0.290. The van der Waals surface area contributed by atoms with Crippen LogP contribution in [-0.4, -0.2) is 18.8 Å². The Morgan fingerprint density at radius 1 is 1.57 bits per heavy atom. The van der Waals surface area contributed by atoms with Crippen LogP contribution in [0.15, 0.2) is 22.7 Å². The molecule has 0 fully saturated rings. The zero-order valence-electron chi connectivity index (χ0n) is 7.74. The van der Waals surface area contributed by atoms with Crippen LogP contribution in [-0.2, 0) is 0 Å². The van der Waals surface area contributed by atoms with E-state index in [2.05, 4.69) is 15.9 Å². The summed E-state index contributed by atoms with van der Waals surface area (Å²) in [5.41, 5.74) is 6.49. The Morgan fingerprint density at radius 2 is 2.21 bits per heavy atom. The zero-order chi connectivity index (χ0) is 9.84. The Labute approximate surface area is 97.8 Å². The standard InChI is InChI=1S/C9H12BrNO2.ClH/c1-13-9-4-6(10)2-3-7(9)8(11)5-12;/h2-4,8,12H,5,11H2,1H3;1H/t8-;/m0./s1. The quantitative estimate of drug-likeness (QED) is 0.890. The fourth-order valence-electron chi connectivity index (χ4n) is 1.09. The van der Waals surface area contributed by atoms with Crippen molar-refractivity contribution in [3.8, 4) is 5.75 Å². The number of hydrogen-bond acceptors (Lipinski definition) is 3. The maximum absolute atomic E-state index is 8.89. The molecule has 0 unspecified atom stereocenters. The van der Waals surface area contributed by atoms with Gasteiger partial charge in [0, 0.05) is 10.0 Å². The summed E-state index contributed by atoms with van der Waals surface area (Å²) in [4.78, 5) is 0. The highest BCUT2D eigenvalue weighted by molar-refractivity contribution is 9.10. The second-order valence-corrected chi connectivity index (χ2v) is 3.59. The van der Waals surface area contributed by atoms with Crippen LogP contribution in [0.3, 0.4) is 0 Å². The maximum Gasteiger partial charge on any atom is 0.124 e. The highest BCUT2D eigenvalue weighted by Crippen LogP contribution is 2.27. The average Bonchev–Trinajstić information content (AvgIpc) is 2.16. The molecule has 1 aromatic carbocycles. The van der Waals surface area contributed by atoms with E-state index in [4.69, 9.17) is 15.6 Å². The molecule has 3 N–H and O–H groups in total. The van der Waals surface area contributed by atoms with Gasteiger partial charge in [-0.05, 0) is 12.1 Å². The van der Waals surface area contributed by atoms with Gasteiger partial charge in [0.15, 0.2) is 0 Å². The van der Waals surface area contributed by atoms with E-state index in [1.54, 1.807) is 7.11 Å². The minimum absolute atomic E-state index is 0. The first-order valence-corrected chi connectivity index (χ1v) is 4.68. The summed E-state index contributed by atoms with van der Waals surface area (Å²) in [6.45, 7) is -0.0853. The molecule has 0 bridgehead atoms. The molecular weight excluding hydrogens is 269 g/mol. The third kappa shape index (κ3) is 3.13. The minimum atomic E-state index is -0.386. The van der Waals surface area contributed by atoms with Gasteiger partial charge in [-0.25, -0.2) is 0 Å². The second kappa shape index (κ2) is 6.24. The molecule has 14 heavy (non-hydrogen) atoms. The molecule has 5 heteroatoms. The highest BCUT2D eigenvalue weighted by Gasteiger charge is 2.10. The third-order valence-corrected chi connectivity index (χ3v) is 2.28. The number of rotatable bonds is 3. The van der Waals surface area contributed by atoms with Gasteiger partial charge in [-0.2, -0.15) is 0 Å². The maximum atomic E-state index is 8.89. The van der Waals surface area contributed by atoms with Crippen molar-refractivity contribution in [3.05, 3.63) is 28.2 Å². The molecule has 0 amide bonds. The molecule has 0 aromatic heterocycles. The van der Waals surface area contributed by atoms with Crippen molar-refractivity contribution in [2.24, 2.45) is 5.73 Å². The molecule has 1 atom stereocenters. The largest absolute Gasteiger partial charge is 0.496 e. The number of methoxy groups -OCH3 is 1. The van der Waals surface area contributed by atoms with Crippen molar-refractivity contribution >= 4 is 28.3 Å². The lowest BCUT2D eigenvalue weighted by Gasteiger charge is -2.13. The van der Waals surface area contributed by atoms with Crippen LogP contribution < -0.4 is 10.5 Å². The van der Waals surface area contributed by atoms with Crippen LogP contribution >= 0.6 is 28.3 Å². The first-order chi connectivity index (χ1) is 6.19. The Morgan fingerprint density at radius 3 is 2.71 bits per heavy atom. The van der Waals surface area contributed by atoms with E-state index in [-0.39, 0.29) is 25.1 Å². The van der Waals surface area contributed by atoms with Gasteiger partial charge in [0.1, 0.15) is 5.75 Å². The summed E-state index contributed by atoms with van der Waals surface area (Å²) in [5, 5.41) is 8.89. The number of ether oxygens (including phenoxy) is 1. The first kappa shape index (κ1) is 13.7. The van der Waals surface area contributed by atoms with Crippen LogP contribution in [0, 0.1) is 0 Å². The molecule has 1 rings (SSSR count). The molecule has 80 valence electrons. The van der Waals surface area contributed by atoms with Gasteiger partial charge in [-0.15, -0.1) is 12.4 Å². The van der Waals surface area contributed by atoms with Gasteiger partial charge in [0.25, 0.3) is 0 Å². The molecule has 0 aliphatic heterocycles. The van der Waals surface area contributed by atoms with Crippen LogP contribution in [0.2, 0.25) is 0 Å². The number of nitrogens with two attached hydrogens (primary N) is 1. The molecule has 0 aliphatic carbocycles. The lowest BCUT2D eigenvalue weighted by Crippen LogP contribution is -2.15. The Balaban J connectivity index is 0.00000169. The van der Waals surface area contributed by atoms with Crippen molar-refractivity contribution in [1.29, 1.82) is 0 Å². The molecule has 3 nitrogen and oxygen atoms in total. The minimum Gasteiger partial charge on any atom is -0.496 e. The van der Waals surface area contributed by atoms with Gasteiger partial charge in [0.05, 0.1) is 19.8 Å². The fourth-order valence-corrected chi connectivity index (χ4v) is 1.43. The second-order valence-electron chi connectivity index (χ2n) is 2.68. The van der Waals surface area contributed by atoms with Crippen molar-refractivity contribution < 1.29 is 9.84 Å². The number of benzene rings is 1. The molecule has 0 saturated heterocycles. The smallest absolute Gasteiger partial charge is 0.124 e. The average molecular weight is 283 g/mol. The summed E-state index contributed by atoms with van der Waals surface area (Å²) in [7, 11) is 1.58. The predicted molar refractivity (Wildman–Crippen MR) is 62.0 cm³/mol. The van der Waals surface area contributed by atoms with E-state index >= 15 is 0 Å². The number of halogens is 2. The molecule has 0 saturated carbocycles. The molecule has 0 aliphatic rings. The highest BCUT2D eigenvalue weighted by atomic mass is 79.9. The van der Waals surface area contributed by atoms with Crippen molar-refractivity contribution in [1.82, 2.24) is 0 Å². The predicted octanol–water partition coefficient (Wildman–Crippen LogP) is 1.87. The molecule has 0 heterocycles. The summed E-state index contributed by atoms with van der Waals surface area (Å²) in [6, 6.07) is 5.14. The molecule has 0 spiro atoms. The zero-order valence-corrected chi connectivity index (χ0v) is 10.1. The Kier molecular flexibility index (Phi) is 6.11. The monoisotopic (exact) mass is 281 g/mol. The van der Waals surface area contributed by atoms with Gasteiger partial charge in [-0.1, -0.05) is 22.0 Å². The lowest BCUT2D eigenvalue weighted by molar-refractivity contribution is 0.264. The molecular formula is C9H13BrClNO2. The van der Waals surface area contributed by atoms with Crippen molar-refractivity contribution in [3.63, 3.8) is 0 Å².